The number of benzene rings is 2. The smallest absolute Gasteiger partial charge is 0.337 e. The first-order valence-electron chi connectivity index (χ1n) is 14.2. The number of fused-ring (bicyclic) bond motifs is 2. The highest BCUT2D eigenvalue weighted by Gasteiger charge is 2.57. The highest BCUT2D eigenvalue weighted by atomic mass is 19.1. The van der Waals surface area contributed by atoms with Crippen LogP contribution < -0.4 is 4.74 Å². The summed E-state index contributed by atoms with van der Waals surface area (Å²) in [5, 5.41) is 8.94. The van der Waals surface area contributed by atoms with Crippen molar-refractivity contribution in [3.05, 3.63) is 88.6 Å². The van der Waals surface area contributed by atoms with Gasteiger partial charge in [-0.25, -0.2) is 19.2 Å². The molecule has 42 heavy (non-hydrogen) atoms. The van der Waals surface area contributed by atoms with E-state index in [0.29, 0.717) is 41.3 Å². The van der Waals surface area contributed by atoms with Crippen LogP contribution in [0, 0.1) is 29.0 Å². The van der Waals surface area contributed by atoms with Gasteiger partial charge in [0.25, 0.3) is 0 Å². The molecule has 3 aliphatic rings. The molecule has 2 saturated heterocycles. The van der Waals surface area contributed by atoms with Crippen LogP contribution in [0.25, 0.3) is 11.0 Å². The molecule has 1 saturated carbocycles. The summed E-state index contributed by atoms with van der Waals surface area (Å²) in [4.78, 5) is 24.3. The van der Waals surface area contributed by atoms with Crippen LogP contribution in [-0.4, -0.2) is 58.3 Å². The van der Waals surface area contributed by atoms with Gasteiger partial charge in [-0.3, -0.25) is 4.90 Å². The Morgan fingerprint density at radius 1 is 1.14 bits per heavy atom. The zero-order valence-electron chi connectivity index (χ0n) is 23.2. The molecule has 214 valence electrons. The molecule has 4 heterocycles. The molecule has 2 aromatic carbocycles. The van der Waals surface area contributed by atoms with Crippen molar-refractivity contribution in [1.29, 1.82) is 5.26 Å². The second kappa shape index (κ2) is 10.8. The van der Waals surface area contributed by atoms with Crippen LogP contribution in [-0.2, 0) is 29.2 Å². The van der Waals surface area contributed by atoms with Crippen LogP contribution in [0.4, 0.5) is 4.39 Å². The Bertz CT molecular complexity index is 1700. The first-order valence-corrected chi connectivity index (χ1v) is 14.2. The van der Waals surface area contributed by atoms with Crippen molar-refractivity contribution < 1.29 is 23.4 Å². The number of carbonyl (C=O) groups excluding carboxylic acids is 1. The number of rotatable bonds is 9. The lowest BCUT2D eigenvalue weighted by molar-refractivity contribution is -0.0591. The number of nitriles is 1. The summed E-state index contributed by atoms with van der Waals surface area (Å²) in [6, 6.07) is 17.6. The van der Waals surface area contributed by atoms with E-state index in [9.17, 15) is 9.18 Å². The third kappa shape index (κ3) is 4.99. The van der Waals surface area contributed by atoms with Crippen LogP contribution in [0.2, 0.25) is 0 Å². The fraction of sp³-hybridized carbons (Fsp3) is 0.375. The lowest BCUT2D eigenvalue weighted by Gasteiger charge is -2.28. The van der Waals surface area contributed by atoms with E-state index < -0.39 is 5.82 Å². The third-order valence-corrected chi connectivity index (χ3v) is 8.71. The number of carbonyl (C=O) groups is 1. The number of nitrogens with zero attached hydrogens (tertiary/aromatic N) is 5. The van der Waals surface area contributed by atoms with Crippen molar-refractivity contribution in [3.8, 4) is 11.9 Å². The summed E-state index contributed by atoms with van der Waals surface area (Å²) < 4.78 is 32.9. The minimum atomic E-state index is -0.459. The Balaban J connectivity index is 1.01. The van der Waals surface area contributed by atoms with Crippen LogP contribution in [0.15, 0.2) is 54.6 Å². The Kier molecular flexibility index (Phi) is 6.84. The Hall–Kier alpha value is -4.33. The van der Waals surface area contributed by atoms with E-state index in [1.807, 2.05) is 30.3 Å². The second-order valence-corrected chi connectivity index (χ2v) is 11.3. The highest BCUT2D eigenvalue weighted by molar-refractivity contribution is 5.93. The molecule has 4 atom stereocenters. The molecule has 0 bridgehead atoms. The standard InChI is InChI=1S/C32H30FN5O4/c1-40-32(39)20-7-8-26-28(12-20)38(14-22-9-10-41-22)29(35-26)17-37-15-23-24(16-37)31(23)27-3-2-4-30(36-27)42-18-21-6-5-19(13-34)11-25(21)33/h2-8,11-12,22-24,31H,9-10,14-18H2,1H3/t22-,23-,24+,31+/m0/s1. The summed E-state index contributed by atoms with van der Waals surface area (Å²) in [6.07, 6.45) is 1.18. The van der Waals surface area contributed by atoms with Gasteiger partial charge in [0.15, 0.2) is 0 Å². The molecule has 9 nitrogen and oxygen atoms in total. The van der Waals surface area contributed by atoms with Gasteiger partial charge in [0.05, 0.1) is 54.5 Å². The molecule has 0 radical (unpaired) electrons. The number of halogens is 1. The number of methoxy groups -OCH3 is 1. The molecular formula is C32H30FN5O4. The summed E-state index contributed by atoms with van der Waals surface area (Å²) >= 11 is 0. The van der Waals surface area contributed by atoms with Crippen molar-refractivity contribution in [1.82, 2.24) is 19.4 Å². The van der Waals surface area contributed by atoms with Crippen LogP contribution in [0.1, 0.15) is 45.3 Å². The number of imidazole rings is 1. The maximum absolute atomic E-state index is 14.3. The van der Waals surface area contributed by atoms with E-state index in [2.05, 4.69) is 9.47 Å². The predicted molar refractivity (Wildman–Crippen MR) is 150 cm³/mol. The van der Waals surface area contributed by atoms with Gasteiger partial charge < -0.3 is 18.8 Å². The number of hydrogen-bond donors (Lipinski definition) is 0. The van der Waals surface area contributed by atoms with Crippen molar-refractivity contribution in [2.24, 2.45) is 11.8 Å². The topological polar surface area (TPSA) is 102 Å². The van der Waals surface area contributed by atoms with E-state index in [4.69, 9.17) is 29.4 Å². The number of ether oxygens (including phenoxy) is 3. The van der Waals surface area contributed by atoms with E-state index in [1.54, 1.807) is 24.3 Å². The van der Waals surface area contributed by atoms with E-state index in [0.717, 1.165) is 55.2 Å². The van der Waals surface area contributed by atoms with Gasteiger partial charge >= 0.3 is 5.97 Å². The lowest BCUT2D eigenvalue weighted by atomic mass is 10.1. The maximum Gasteiger partial charge on any atom is 0.337 e. The fourth-order valence-electron chi connectivity index (χ4n) is 6.34. The Morgan fingerprint density at radius 2 is 1.98 bits per heavy atom. The van der Waals surface area contributed by atoms with Crippen LogP contribution >= 0.6 is 0 Å². The Morgan fingerprint density at radius 3 is 2.69 bits per heavy atom. The molecule has 0 spiro atoms. The fourth-order valence-corrected chi connectivity index (χ4v) is 6.34. The van der Waals surface area contributed by atoms with Crippen molar-refractivity contribution >= 4 is 17.0 Å². The highest BCUT2D eigenvalue weighted by Crippen LogP contribution is 2.58. The quantitative estimate of drug-likeness (QED) is 0.274. The molecule has 1 aliphatic carbocycles. The number of hydrogen-bond acceptors (Lipinski definition) is 8. The molecule has 0 N–H and O–H groups in total. The largest absolute Gasteiger partial charge is 0.473 e. The van der Waals surface area contributed by atoms with E-state index in [-0.39, 0.29) is 24.2 Å². The van der Waals surface area contributed by atoms with E-state index >= 15 is 0 Å². The number of aromatic nitrogens is 3. The molecule has 2 aliphatic heterocycles. The van der Waals surface area contributed by atoms with Gasteiger partial charge in [0.2, 0.25) is 5.88 Å². The molecule has 4 aromatic rings. The van der Waals surface area contributed by atoms with Crippen molar-refractivity contribution in [2.45, 2.75) is 38.1 Å². The van der Waals surface area contributed by atoms with Crippen molar-refractivity contribution in [3.63, 3.8) is 0 Å². The minimum absolute atomic E-state index is 0.0489. The summed E-state index contributed by atoms with van der Waals surface area (Å²) in [6.45, 7) is 4.17. The normalized spacial score (nSPS) is 22.8. The number of pyridine rings is 1. The minimum Gasteiger partial charge on any atom is -0.473 e. The molecule has 3 fully saturated rings. The second-order valence-electron chi connectivity index (χ2n) is 11.3. The molecule has 10 heteroatoms. The maximum atomic E-state index is 14.3. The third-order valence-electron chi connectivity index (χ3n) is 8.71. The first-order chi connectivity index (χ1) is 20.5. The molecule has 0 unspecified atom stereocenters. The average molecular weight is 568 g/mol. The molecular weight excluding hydrogens is 537 g/mol. The van der Waals surface area contributed by atoms with Gasteiger partial charge in [-0.05, 0) is 54.7 Å². The summed E-state index contributed by atoms with van der Waals surface area (Å²) in [5.41, 5.74) is 3.97. The van der Waals surface area contributed by atoms with E-state index in [1.165, 1.54) is 13.2 Å². The monoisotopic (exact) mass is 567 g/mol. The van der Waals surface area contributed by atoms with Crippen LogP contribution in [0.5, 0.6) is 5.88 Å². The van der Waals surface area contributed by atoms with Gasteiger partial charge in [-0.15, -0.1) is 0 Å². The number of likely N-dealkylation sites (tertiary alicyclic amines) is 1. The summed E-state index contributed by atoms with van der Waals surface area (Å²) in [7, 11) is 1.39. The Labute approximate surface area is 242 Å². The number of piperidine rings is 1. The zero-order chi connectivity index (χ0) is 28.8. The first kappa shape index (κ1) is 26.6. The summed E-state index contributed by atoms with van der Waals surface area (Å²) in [5.74, 6) is 2.03. The molecule has 0 amide bonds. The van der Waals surface area contributed by atoms with Gasteiger partial charge in [0, 0.05) is 42.9 Å². The van der Waals surface area contributed by atoms with Gasteiger partial charge in [-0.1, -0.05) is 12.1 Å². The lowest BCUT2D eigenvalue weighted by Crippen LogP contribution is -2.33. The van der Waals surface area contributed by atoms with Gasteiger partial charge in [0.1, 0.15) is 18.2 Å². The zero-order valence-corrected chi connectivity index (χ0v) is 23.2. The SMILES string of the molecule is COC(=O)c1ccc2nc(CN3C[C@@H]4[C@H](C3)[C@H]4c3cccc(OCc4ccc(C#N)cc4F)n3)n(C[C@@H]3CCO3)c2c1. The number of esters is 1. The average Bonchev–Trinajstić information content (AvgIpc) is 3.30. The van der Waals surface area contributed by atoms with Crippen LogP contribution in [0.3, 0.4) is 0 Å². The molecule has 7 rings (SSSR count). The predicted octanol–water partition coefficient (Wildman–Crippen LogP) is 4.44. The van der Waals surface area contributed by atoms with Crippen molar-refractivity contribution in [2.75, 3.05) is 26.8 Å². The van der Waals surface area contributed by atoms with Gasteiger partial charge in [-0.2, -0.15) is 5.26 Å². The molecule has 2 aromatic heterocycles.